The molecule has 1 atom stereocenters. The van der Waals surface area contributed by atoms with Crippen LogP contribution in [0.15, 0.2) is 42.5 Å². The molecule has 138 valence electrons. The highest BCUT2D eigenvalue weighted by Crippen LogP contribution is 2.23. The third-order valence-electron chi connectivity index (χ3n) is 3.82. The minimum Gasteiger partial charge on any atom is -0.497 e. The van der Waals surface area contributed by atoms with Crippen molar-refractivity contribution in [1.29, 1.82) is 0 Å². The van der Waals surface area contributed by atoms with E-state index in [0.717, 1.165) is 11.6 Å². The Kier molecular flexibility index (Phi) is 6.54. The number of carbonyl (C=O) groups excluding carboxylic acids is 1. The molecule has 0 saturated carbocycles. The number of nitrogens with one attached hydrogen (secondary N) is 1. The number of methoxy groups -OCH3 is 2. The average Bonchev–Trinajstić information content (AvgIpc) is 2.64. The number of rotatable bonds is 8. The molecule has 2 aromatic carbocycles. The van der Waals surface area contributed by atoms with E-state index in [-0.39, 0.29) is 12.0 Å². The number of ether oxygens (including phenoxy) is 2. The molecule has 2 aromatic rings. The molecule has 0 saturated heterocycles. The van der Waals surface area contributed by atoms with E-state index in [1.165, 1.54) is 32.4 Å². The van der Waals surface area contributed by atoms with Gasteiger partial charge in [0.2, 0.25) is 5.91 Å². The van der Waals surface area contributed by atoms with Crippen molar-refractivity contribution < 1.29 is 28.6 Å². The van der Waals surface area contributed by atoms with Crippen molar-refractivity contribution in [3.8, 4) is 11.5 Å². The van der Waals surface area contributed by atoms with Gasteiger partial charge >= 0.3 is 5.97 Å². The second-order valence-electron chi connectivity index (χ2n) is 5.58. The number of carboxylic acids is 1. The quantitative estimate of drug-likeness (QED) is 0.755. The summed E-state index contributed by atoms with van der Waals surface area (Å²) in [6.07, 6.45) is 0.386. The number of hydrogen-bond donors (Lipinski definition) is 2. The lowest BCUT2D eigenvalue weighted by atomic mass is 10.0. The van der Waals surface area contributed by atoms with Crippen molar-refractivity contribution >= 4 is 11.9 Å². The summed E-state index contributed by atoms with van der Waals surface area (Å²) >= 11 is 0. The molecule has 0 radical (unpaired) electrons. The van der Waals surface area contributed by atoms with Gasteiger partial charge in [0.05, 0.1) is 14.2 Å². The minimum atomic E-state index is -1.44. The fourth-order valence-corrected chi connectivity index (χ4v) is 2.48. The lowest BCUT2D eigenvalue weighted by molar-refractivity contribution is -0.142. The van der Waals surface area contributed by atoms with Crippen molar-refractivity contribution in [2.75, 3.05) is 14.2 Å². The molecule has 6 nitrogen and oxygen atoms in total. The van der Waals surface area contributed by atoms with Gasteiger partial charge in [-0.15, -0.1) is 0 Å². The summed E-state index contributed by atoms with van der Waals surface area (Å²) in [5, 5.41) is 11.7. The fraction of sp³-hybridized carbons (Fsp3) is 0.263. The fourth-order valence-electron chi connectivity index (χ4n) is 2.48. The molecule has 0 aliphatic heterocycles. The Morgan fingerprint density at radius 2 is 1.73 bits per heavy atom. The van der Waals surface area contributed by atoms with Gasteiger partial charge in [-0.3, -0.25) is 4.79 Å². The van der Waals surface area contributed by atoms with Crippen LogP contribution in [0.4, 0.5) is 4.39 Å². The highest BCUT2D eigenvalue weighted by atomic mass is 19.1. The van der Waals surface area contributed by atoms with Crippen LogP contribution < -0.4 is 14.8 Å². The molecule has 0 bridgehead atoms. The number of hydrogen-bond acceptors (Lipinski definition) is 4. The number of carbonyl (C=O) groups is 2. The zero-order chi connectivity index (χ0) is 19.1. The Bertz CT molecular complexity index is 771. The first-order chi connectivity index (χ1) is 12.4. The van der Waals surface area contributed by atoms with E-state index in [2.05, 4.69) is 5.32 Å². The first-order valence-electron chi connectivity index (χ1n) is 7.93. The number of aryl methyl sites for hydroxylation is 1. The topological polar surface area (TPSA) is 84.9 Å². The van der Waals surface area contributed by atoms with Crippen LogP contribution in [-0.4, -0.2) is 31.2 Å². The maximum Gasteiger partial charge on any atom is 0.331 e. The maximum absolute atomic E-state index is 13.8. The van der Waals surface area contributed by atoms with Gasteiger partial charge in [-0.25, -0.2) is 9.18 Å². The largest absolute Gasteiger partial charge is 0.497 e. The van der Waals surface area contributed by atoms with Gasteiger partial charge < -0.3 is 19.9 Å². The standard InChI is InChI=1S/C19H20FNO5/c1-25-13-9-12(10-14(11-13)26-2)7-8-17(22)21-18(19(23)24)15-5-3-4-6-16(15)20/h3-6,9-11,18H,7-8H2,1-2H3,(H,21,22)(H,23,24)/t18-/m0/s1. The molecular formula is C19H20FNO5. The molecule has 0 fully saturated rings. The summed E-state index contributed by atoms with van der Waals surface area (Å²) in [4.78, 5) is 23.6. The molecule has 2 N–H and O–H groups in total. The Morgan fingerprint density at radius 3 is 2.27 bits per heavy atom. The van der Waals surface area contributed by atoms with Crippen LogP contribution >= 0.6 is 0 Å². The number of benzene rings is 2. The zero-order valence-corrected chi connectivity index (χ0v) is 14.5. The summed E-state index contributed by atoms with van der Waals surface area (Å²) in [5.41, 5.74) is 0.713. The van der Waals surface area contributed by atoms with Crippen molar-refractivity contribution in [3.63, 3.8) is 0 Å². The molecule has 1 amide bonds. The van der Waals surface area contributed by atoms with E-state index in [4.69, 9.17) is 9.47 Å². The van der Waals surface area contributed by atoms with Crippen LogP contribution in [0.3, 0.4) is 0 Å². The van der Waals surface area contributed by atoms with E-state index in [9.17, 15) is 19.1 Å². The van der Waals surface area contributed by atoms with Crippen LogP contribution in [0.2, 0.25) is 0 Å². The zero-order valence-electron chi connectivity index (χ0n) is 14.5. The first-order valence-corrected chi connectivity index (χ1v) is 7.93. The molecule has 2 rings (SSSR count). The lowest BCUT2D eigenvalue weighted by Crippen LogP contribution is -2.34. The Balaban J connectivity index is 2.05. The highest BCUT2D eigenvalue weighted by molar-refractivity contribution is 5.84. The minimum absolute atomic E-state index is 0.0363. The van der Waals surface area contributed by atoms with Crippen LogP contribution in [0.25, 0.3) is 0 Å². The molecule has 0 heterocycles. The molecule has 26 heavy (non-hydrogen) atoms. The summed E-state index contributed by atoms with van der Waals surface area (Å²) in [6.45, 7) is 0. The SMILES string of the molecule is COc1cc(CCC(=O)N[C@H](C(=O)O)c2ccccc2F)cc(OC)c1. The maximum atomic E-state index is 13.8. The van der Waals surface area contributed by atoms with Gasteiger partial charge in [0.25, 0.3) is 0 Å². The summed E-state index contributed by atoms with van der Waals surface area (Å²) in [7, 11) is 3.05. The summed E-state index contributed by atoms with van der Waals surface area (Å²) in [6, 6.07) is 9.26. The monoisotopic (exact) mass is 361 g/mol. The third-order valence-corrected chi connectivity index (χ3v) is 3.82. The molecule has 0 unspecified atom stereocenters. The first kappa shape index (κ1) is 19.2. The van der Waals surface area contributed by atoms with E-state index in [1.807, 2.05) is 0 Å². The van der Waals surface area contributed by atoms with Crippen LogP contribution in [-0.2, 0) is 16.0 Å². The van der Waals surface area contributed by atoms with E-state index >= 15 is 0 Å². The predicted molar refractivity (Wildman–Crippen MR) is 92.8 cm³/mol. The van der Waals surface area contributed by atoms with E-state index < -0.39 is 23.7 Å². The van der Waals surface area contributed by atoms with Gasteiger partial charge in [0.1, 0.15) is 17.3 Å². The van der Waals surface area contributed by atoms with Crippen molar-refractivity contribution in [2.45, 2.75) is 18.9 Å². The Morgan fingerprint density at radius 1 is 1.12 bits per heavy atom. The second kappa shape index (κ2) is 8.84. The normalized spacial score (nSPS) is 11.5. The van der Waals surface area contributed by atoms with Crippen LogP contribution in [0, 0.1) is 5.82 Å². The molecule has 0 aliphatic rings. The number of aliphatic carboxylic acids is 1. The smallest absolute Gasteiger partial charge is 0.331 e. The van der Waals surface area contributed by atoms with Gasteiger partial charge in [0, 0.05) is 18.1 Å². The summed E-state index contributed by atoms with van der Waals surface area (Å²) < 4.78 is 24.2. The van der Waals surface area contributed by atoms with Gasteiger partial charge in [-0.1, -0.05) is 18.2 Å². The van der Waals surface area contributed by atoms with Gasteiger partial charge in [-0.2, -0.15) is 0 Å². The number of halogens is 1. The molecule has 0 aromatic heterocycles. The third kappa shape index (κ3) is 4.95. The average molecular weight is 361 g/mol. The lowest BCUT2D eigenvalue weighted by Gasteiger charge is -2.16. The Hall–Kier alpha value is -3.09. The predicted octanol–water partition coefficient (Wildman–Crippen LogP) is 2.72. The second-order valence-corrected chi connectivity index (χ2v) is 5.58. The van der Waals surface area contributed by atoms with E-state index in [1.54, 1.807) is 18.2 Å². The van der Waals surface area contributed by atoms with E-state index in [0.29, 0.717) is 17.9 Å². The van der Waals surface area contributed by atoms with Crippen molar-refractivity contribution in [3.05, 3.63) is 59.4 Å². The Labute approximate surface area is 150 Å². The molecule has 0 spiro atoms. The van der Waals surface area contributed by atoms with Gasteiger partial charge in [-0.05, 0) is 30.2 Å². The van der Waals surface area contributed by atoms with Crippen molar-refractivity contribution in [1.82, 2.24) is 5.32 Å². The molecular weight excluding hydrogens is 341 g/mol. The molecule has 0 aliphatic carbocycles. The van der Waals surface area contributed by atoms with Crippen molar-refractivity contribution in [2.24, 2.45) is 0 Å². The number of carboxylic acid groups (broad SMARTS) is 1. The van der Waals surface area contributed by atoms with Gasteiger partial charge in [0.15, 0.2) is 6.04 Å². The molecule has 7 heteroatoms. The number of amides is 1. The summed E-state index contributed by atoms with van der Waals surface area (Å²) in [5.74, 6) is -1.32. The van der Waals surface area contributed by atoms with Crippen LogP contribution in [0.5, 0.6) is 11.5 Å². The highest BCUT2D eigenvalue weighted by Gasteiger charge is 2.24. The van der Waals surface area contributed by atoms with Crippen LogP contribution in [0.1, 0.15) is 23.6 Å².